The van der Waals surface area contributed by atoms with Crippen molar-refractivity contribution in [1.82, 2.24) is 5.32 Å². The summed E-state index contributed by atoms with van der Waals surface area (Å²) in [6.45, 7) is 0. The quantitative estimate of drug-likeness (QED) is 0.622. The lowest BCUT2D eigenvalue weighted by Gasteiger charge is -2.01. The Balaban J connectivity index is 3.17. The van der Waals surface area contributed by atoms with Crippen molar-refractivity contribution >= 4 is 28.9 Å². The highest BCUT2D eigenvalue weighted by Crippen LogP contribution is 2.28. The normalized spacial score (nSPS) is 9.50. The molecule has 0 aliphatic carbocycles. The fourth-order valence-electron chi connectivity index (χ4n) is 0.703. The Kier molecular flexibility index (Phi) is 2.41. The minimum Gasteiger partial charge on any atom is -0.286 e. The third kappa shape index (κ3) is 1.36. The number of hydrogen-bond acceptors (Lipinski definition) is 0. The number of halogens is 2. The predicted molar refractivity (Wildman–Crippen MR) is 44.2 cm³/mol. The van der Waals surface area contributed by atoms with Gasteiger partial charge in [0, 0.05) is 7.05 Å². The van der Waals surface area contributed by atoms with Gasteiger partial charge in [-0.25, -0.2) is 0 Å². The molecule has 1 radical (unpaired) electrons. The van der Waals surface area contributed by atoms with E-state index in [1.807, 2.05) is 0 Å². The highest BCUT2D eigenvalue weighted by molar-refractivity contribution is 6.38. The molecule has 0 aliphatic heterocycles. The molecule has 0 spiro atoms. The van der Waals surface area contributed by atoms with E-state index in [1.54, 1.807) is 25.2 Å². The summed E-state index contributed by atoms with van der Waals surface area (Å²) in [6.07, 6.45) is 0. The van der Waals surface area contributed by atoms with E-state index in [1.165, 1.54) is 0 Å². The number of para-hydroxylation sites is 1. The summed E-state index contributed by atoms with van der Waals surface area (Å²) in [5.41, 5.74) is 0.658. The van der Waals surface area contributed by atoms with E-state index >= 15 is 0 Å². The summed E-state index contributed by atoms with van der Waals surface area (Å²) in [5, 5.41) is 5.09. The molecule has 1 nitrogen and oxygen atoms in total. The van der Waals surface area contributed by atoms with Crippen LogP contribution in [0.1, 0.15) is 0 Å². The summed E-state index contributed by atoms with van der Waals surface area (Å²) in [4.78, 5) is 0. The zero-order chi connectivity index (χ0) is 7.56. The monoisotopic (exact) mass is 174 g/mol. The van der Waals surface area contributed by atoms with Crippen LogP contribution in [0.15, 0.2) is 18.2 Å². The number of nitrogens with zero attached hydrogens (tertiary/aromatic N) is 1. The van der Waals surface area contributed by atoms with E-state index in [0.29, 0.717) is 15.7 Å². The van der Waals surface area contributed by atoms with Crippen LogP contribution in [0.3, 0.4) is 0 Å². The highest BCUT2D eigenvalue weighted by atomic mass is 35.5. The zero-order valence-electron chi connectivity index (χ0n) is 5.44. The van der Waals surface area contributed by atoms with Gasteiger partial charge in [-0.05, 0) is 12.1 Å². The van der Waals surface area contributed by atoms with Gasteiger partial charge >= 0.3 is 0 Å². The lowest BCUT2D eigenvalue weighted by atomic mass is 10.3. The van der Waals surface area contributed by atoms with Crippen molar-refractivity contribution in [3.05, 3.63) is 28.2 Å². The summed E-state index contributed by atoms with van der Waals surface area (Å²) < 4.78 is 0. The van der Waals surface area contributed by atoms with Gasteiger partial charge in [0.05, 0.1) is 15.7 Å². The van der Waals surface area contributed by atoms with Crippen molar-refractivity contribution in [3.63, 3.8) is 0 Å². The Bertz CT molecular complexity index is 215. The molecule has 1 aromatic rings. The van der Waals surface area contributed by atoms with Crippen molar-refractivity contribution < 1.29 is 0 Å². The maximum absolute atomic E-state index is 5.75. The molecule has 0 saturated carbocycles. The topological polar surface area (TPSA) is 14.1 Å². The zero-order valence-corrected chi connectivity index (χ0v) is 6.95. The average molecular weight is 175 g/mol. The van der Waals surface area contributed by atoms with Crippen LogP contribution in [-0.4, -0.2) is 7.05 Å². The molecule has 0 unspecified atom stereocenters. The second-order valence-corrected chi connectivity index (χ2v) is 2.61. The third-order valence-corrected chi connectivity index (χ3v) is 1.77. The van der Waals surface area contributed by atoms with E-state index in [9.17, 15) is 0 Å². The third-order valence-electron chi connectivity index (χ3n) is 1.16. The second kappa shape index (κ2) is 3.13. The number of benzene rings is 1. The van der Waals surface area contributed by atoms with Crippen LogP contribution in [0.4, 0.5) is 5.69 Å². The maximum atomic E-state index is 5.75. The molecule has 1 aromatic carbocycles. The first-order valence-electron chi connectivity index (χ1n) is 2.79. The molecule has 0 aromatic heterocycles. The van der Waals surface area contributed by atoms with Crippen LogP contribution < -0.4 is 5.32 Å². The van der Waals surface area contributed by atoms with Crippen molar-refractivity contribution in [3.8, 4) is 0 Å². The molecule has 0 fully saturated rings. The Morgan fingerprint density at radius 3 is 2.00 bits per heavy atom. The molecule has 0 aliphatic rings. The van der Waals surface area contributed by atoms with E-state index in [4.69, 9.17) is 23.2 Å². The van der Waals surface area contributed by atoms with Crippen molar-refractivity contribution in [1.29, 1.82) is 0 Å². The largest absolute Gasteiger partial charge is 0.286 e. The molecule has 10 heavy (non-hydrogen) atoms. The van der Waals surface area contributed by atoms with Crippen molar-refractivity contribution in [2.75, 3.05) is 7.05 Å². The molecule has 0 N–H and O–H groups in total. The van der Waals surface area contributed by atoms with Gasteiger partial charge in [0.1, 0.15) is 0 Å². The fourth-order valence-corrected chi connectivity index (χ4v) is 1.27. The lowest BCUT2D eigenvalue weighted by Crippen LogP contribution is -1.87. The molecule has 0 saturated heterocycles. The molecule has 0 amide bonds. The predicted octanol–water partition coefficient (Wildman–Crippen LogP) is 2.86. The fraction of sp³-hybridized carbons (Fsp3) is 0.143. The lowest BCUT2D eigenvalue weighted by molar-refractivity contribution is 1.09. The summed E-state index contributed by atoms with van der Waals surface area (Å²) >= 11 is 11.5. The molecule has 3 heteroatoms. The first-order chi connectivity index (χ1) is 4.75. The van der Waals surface area contributed by atoms with Gasteiger partial charge in [-0.2, -0.15) is 0 Å². The maximum Gasteiger partial charge on any atom is 0.0943 e. The van der Waals surface area contributed by atoms with Gasteiger partial charge in [-0.15, -0.1) is 0 Å². The Labute approximate surface area is 70.0 Å². The first-order valence-corrected chi connectivity index (χ1v) is 3.55. The summed E-state index contributed by atoms with van der Waals surface area (Å²) in [7, 11) is 1.66. The van der Waals surface area contributed by atoms with Crippen LogP contribution >= 0.6 is 23.2 Å². The molecule has 0 heterocycles. The highest BCUT2D eigenvalue weighted by Gasteiger charge is 2.01. The van der Waals surface area contributed by atoms with Crippen LogP contribution in [0.25, 0.3) is 0 Å². The van der Waals surface area contributed by atoms with Crippen molar-refractivity contribution in [2.45, 2.75) is 0 Å². The van der Waals surface area contributed by atoms with Crippen LogP contribution in [0.2, 0.25) is 10.0 Å². The smallest absolute Gasteiger partial charge is 0.0943 e. The van der Waals surface area contributed by atoms with Crippen LogP contribution in [-0.2, 0) is 0 Å². The van der Waals surface area contributed by atoms with Crippen LogP contribution in [0.5, 0.6) is 0 Å². The molecule has 0 bridgehead atoms. The number of hydrogen-bond donors (Lipinski definition) is 0. The van der Waals surface area contributed by atoms with E-state index < -0.39 is 0 Å². The van der Waals surface area contributed by atoms with Crippen LogP contribution in [0, 0.1) is 0 Å². The molecule has 1 rings (SSSR count). The Morgan fingerprint density at radius 1 is 1.20 bits per heavy atom. The molecule has 0 atom stereocenters. The van der Waals surface area contributed by atoms with Gasteiger partial charge in [-0.1, -0.05) is 29.3 Å². The van der Waals surface area contributed by atoms with Crippen molar-refractivity contribution in [2.24, 2.45) is 0 Å². The standard InChI is InChI=1S/C7H6Cl2N/c1-10-7-5(8)3-2-4-6(7)9/h2-4H,1H3. The Hall–Kier alpha value is -0.400. The molecular formula is C7H6Cl2N. The minimum absolute atomic E-state index is 0.593. The van der Waals surface area contributed by atoms with Gasteiger partial charge in [0.2, 0.25) is 0 Å². The SMILES string of the molecule is C[N]c1c(Cl)cccc1Cl. The van der Waals surface area contributed by atoms with E-state index in [2.05, 4.69) is 5.32 Å². The second-order valence-electron chi connectivity index (χ2n) is 1.79. The minimum atomic E-state index is 0.593. The van der Waals surface area contributed by atoms with Gasteiger partial charge in [0.15, 0.2) is 0 Å². The van der Waals surface area contributed by atoms with Gasteiger partial charge < -0.3 is 0 Å². The first kappa shape index (κ1) is 7.70. The molecular weight excluding hydrogens is 169 g/mol. The average Bonchev–Trinajstić information content (AvgIpc) is 1.88. The van der Waals surface area contributed by atoms with E-state index in [-0.39, 0.29) is 0 Å². The van der Waals surface area contributed by atoms with E-state index in [0.717, 1.165) is 0 Å². The Morgan fingerprint density at radius 2 is 1.70 bits per heavy atom. The molecule has 53 valence electrons. The summed E-state index contributed by atoms with van der Waals surface area (Å²) in [5.74, 6) is 0. The van der Waals surface area contributed by atoms with Gasteiger partial charge in [0.25, 0.3) is 0 Å². The van der Waals surface area contributed by atoms with Gasteiger partial charge in [-0.3, -0.25) is 5.32 Å². The summed E-state index contributed by atoms with van der Waals surface area (Å²) in [6, 6.07) is 5.31. The number of rotatable bonds is 1.